The normalized spacial score (nSPS) is 16.2. The molecule has 26 heavy (non-hydrogen) atoms. The van der Waals surface area contributed by atoms with Crippen molar-refractivity contribution < 1.29 is 0 Å². The molecule has 1 fully saturated rings. The molecule has 0 aliphatic carbocycles. The third-order valence-corrected chi connectivity index (χ3v) is 4.39. The summed E-state index contributed by atoms with van der Waals surface area (Å²) in [4.78, 5) is 7.19. The van der Waals surface area contributed by atoms with E-state index in [0.29, 0.717) is 6.04 Å². The number of hydrogen-bond donors (Lipinski definition) is 2. The van der Waals surface area contributed by atoms with Gasteiger partial charge in [0.05, 0.1) is 6.54 Å². The topological polar surface area (TPSA) is 70.4 Å². The second-order valence-electron chi connectivity index (χ2n) is 6.71. The Hall–Kier alpha value is -1.16. The van der Waals surface area contributed by atoms with Gasteiger partial charge in [-0.25, -0.2) is 0 Å². The van der Waals surface area contributed by atoms with E-state index in [-0.39, 0.29) is 24.0 Å². The minimum Gasteiger partial charge on any atom is -0.357 e. The molecule has 7 nitrogen and oxygen atoms in total. The zero-order valence-electron chi connectivity index (χ0n) is 16.4. The van der Waals surface area contributed by atoms with Gasteiger partial charge in [0.25, 0.3) is 0 Å². The number of hydrogen-bond acceptors (Lipinski definition) is 4. The summed E-state index contributed by atoms with van der Waals surface area (Å²) in [6.07, 6.45) is 4.96. The van der Waals surface area contributed by atoms with Crippen molar-refractivity contribution in [2.45, 2.75) is 52.6 Å². The molecule has 1 aromatic heterocycles. The van der Waals surface area contributed by atoms with Crippen molar-refractivity contribution >= 4 is 29.9 Å². The number of nitrogens with one attached hydrogen (secondary N) is 2. The summed E-state index contributed by atoms with van der Waals surface area (Å²) in [5, 5.41) is 15.0. The molecule has 2 rings (SSSR count). The number of aryl methyl sites for hydroxylation is 1. The van der Waals surface area contributed by atoms with Crippen molar-refractivity contribution in [1.82, 2.24) is 30.3 Å². The number of rotatable bonds is 8. The summed E-state index contributed by atoms with van der Waals surface area (Å²) in [6.45, 7) is 15.9. The van der Waals surface area contributed by atoms with Crippen LogP contribution in [0.15, 0.2) is 23.5 Å². The number of halogens is 1. The van der Waals surface area contributed by atoms with Crippen LogP contribution >= 0.6 is 24.0 Å². The highest BCUT2D eigenvalue weighted by Crippen LogP contribution is 2.11. The number of nitrogens with zero attached hydrogens (tertiary/aromatic N) is 5. The fraction of sp³-hybridized carbons (Fsp3) is 0.722. The van der Waals surface area contributed by atoms with Crippen molar-refractivity contribution in [3.05, 3.63) is 24.3 Å². The van der Waals surface area contributed by atoms with Gasteiger partial charge in [-0.3, -0.25) is 9.89 Å². The van der Waals surface area contributed by atoms with E-state index >= 15 is 0 Å². The van der Waals surface area contributed by atoms with Gasteiger partial charge in [-0.15, -0.1) is 34.2 Å². The number of likely N-dealkylation sites (tertiary alicyclic amines) is 1. The molecule has 0 amide bonds. The molecule has 0 atom stereocenters. The highest BCUT2D eigenvalue weighted by atomic mass is 127. The molecular formula is C18H34IN7. The monoisotopic (exact) mass is 475 g/mol. The first kappa shape index (κ1) is 22.9. The maximum absolute atomic E-state index is 4.72. The first-order valence-corrected chi connectivity index (χ1v) is 9.40. The largest absolute Gasteiger partial charge is 0.357 e. The van der Waals surface area contributed by atoms with Crippen molar-refractivity contribution in [1.29, 1.82) is 0 Å². The smallest absolute Gasteiger partial charge is 0.191 e. The molecule has 1 saturated heterocycles. The van der Waals surface area contributed by atoms with E-state index in [4.69, 9.17) is 4.99 Å². The lowest BCUT2D eigenvalue weighted by molar-refractivity contribution is 0.221. The Balaban J connectivity index is 0.00000338. The Labute approximate surface area is 174 Å². The van der Waals surface area contributed by atoms with Crippen LogP contribution in [-0.2, 0) is 13.0 Å². The first-order chi connectivity index (χ1) is 12.1. The predicted octanol–water partition coefficient (Wildman–Crippen LogP) is 2.05. The molecule has 1 aliphatic rings. The zero-order valence-corrected chi connectivity index (χ0v) is 18.7. The maximum atomic E-state index is 4.72. The molecule has 0 unspecified atom stereocenters. The number of aliphatic imine (C=N–C) groups is 1. The molecule has 2 N–H and O–H groups in total. The maximum Gasteiger partial charge on any atom is 0.191 e. The Bertz CT molecular complexity index is 562. The van der Waals surface area contributed by atoms with Crippen LogP contribution in [0.5, 0.6) is 0 Å². The SMILES string of the molecule is C=C(C)CN1CCC(NC(=NCCn2cnnc2CC)NCC)CC1.I. The van der Waals surface area contributed by atoms with E-state index in [9.17, 15) is 0 Å². The highest BCUT2D eigenvalue weighted by molar-refractivity contribution is 14.0. The lowest BCUT2D eigenvalue weighted by Gasteiger charge is -2.33. The molecule has 1 aromatic rings. The van der Waals surface area contributed by atoms with Crippen LogP contribution < -0.4 is 10.6 Å². The van der Waals surface area contributed by atoms with Crippen molar-refractivity contribution in [2.24, 2.45) is 4.99 Å². The number of piperidine rings is 1. The van der Waals surface area contributed by atoms with E-state index in [1.165, 1.54) is 5.57 Å². The average Bonchev–Trinajstić information content (AvgIpc) is 3.04. The van der Waals surface area contributed by atoms with E-state index in [1.807, 2.05) is 0 Å². The average molecular weight is 475 g/mol. The third-order valence-electron chi connectivity index (χ3n) is 4.39. The zero-order chi connectivity index (χ0) is 18.1. The summed E-state index contributed by atoms with van der Waals surface area (Å²) in [6, 6.07) is 0.486. The quantitative estimate of drug-likeness (QED) is 0.261. The second-order valence-corrected chi connectivity index (χ2v) is 6.71. The van der Waals surface area contributed by atoms with Crippen LogP contribution in [0.2, 0.25) is 0 Å². The minimum atomic E-state index is 0. The highest BCUT2D eigenvalue weighted by Gasteiger charge is 2.19. The summed E-state index contributed by atoms with van der Waals surface area (Å²) in [7, 11) is 0. The minimum absolute atomic E-state index is 0. The molecule has 0 spiro atoms. The molecule has 1 aliphatic heterocycles. The third kappa shape index (κ3) is 7.61. The van der Waals surface area contributed by atoms with Gasteiger partial charge in [0.1, 0.15) is 12.2 Å². The fourth-order valence-electron chi connectivity index (χ4n) is 3.14. The Kier molecular flexibility index (Phi) is 10.8. The van der Waals surface area contributed by atoms with Gasteiger partial charge < -0.3 is 15.2 Å². The summed E-state index contributed by atoms with van der Waals surface area (Å²) < 4.78 is 2.07. The van der Waals surface area contributed by atoms with Gasteiger partial charge in [0.15, 0.2) is 5.96 Å². The molecule has 0 radical (unpaired) electrons. The van der Waals surface area contributed by atoms with Crippen LogP contribution in [0.3, 0.4) is 0 Å². The van der Waals surface area contributed by atoms with E-state index in [0.717, 1.165) is 70.3 Å². The lowest BCUT2D eigenvalue weighted by Crippen LogP contribution is -2.49. The van der Waals surface area contributed by atoms with Gasteiger partial charge in [-0.2, -0.15) is 0 Å². The molecule has 0 saturated carbocycles. The second kappa shape index (κ2) is 12.3. The molecular weight excluding hydrogens is 441 g/mol. The van der Waals surface area contributed by atoms with Gasteiger partial charge in [0.2, 0.25) is 0 Å². The predicted molar refractivity (Wildman–Crippen MR) is 118 cm³/mol. The summed E-state index contributed by atoms with van der Waals surface area (Å²) in [5.41, 5.74) is 1.24. The van der Waals surface area contributed by atoms with Crippen LogP contribution in [0.1, 0.15) is 39.4 Å². The van der Waals surface area contributed by atoms with E-state index in [2.05, 4.69) is 57.6 Å². The van der Waals surface area contributed by atoms with Gasteiger partial charge in [0, 0.05) is 45.2 Å². The number of aromatic nitrogens is 3. The van der Waals surface area contributed by atoms with Crippen molar-refractivity contribution in [3.63, 3.8) is 0 Å². The van der Waals surface area contributed by atoms with Crippen LogP contribution in [-0.4, -0.2) is 64.4 Å². The summed E-state index contributed by atoms with van der Waals surface area (Å²) >= 11 is 0. The Morgan fingerprint density at radius 2 is 2.08 bits per heavy atom. The van der Waals surface area contributed by atoms with E-state index < -0.39 is 0 Å². The van der Waals surface area contributed by atoms with Crippen molar-refractivity contribution in [2.75, 3.05) is 32.7 Å². The molecule has 8 heteroatoms. The van der Waals surface area contributed by atoms with Crippen molar-refractivity contribution in [3.8, 4) is 0 Å². The van der Waals surface area contributed by atoms with Crippen LogP contribution in [0, 0.1) is 0 Å². The molecule has 0 bridgehead atoms. The molecule has 0 aromatic carbocycles. The standard InChI is InChI=1S/C18H33N7.HI/c1-5-17-23-21-14-25(17)12-9-20-18(19-6-2)22-16-7-10-24(11-8-16)13-15(3)4;/h14,16H,3,5-13H2,1-2,4H3,(H2,19,20,22);1H. The Morgan fingerprint density at radius 3 is 2.69 bits per heavy atom. The van der Waals surface area contributed by atoms with Gasteiger partial charge in [-0.05, 0) is 26.7 Å². The van der Waals surface area contributed by atoms with Gasteiger partial charge >= 0.3 is 0 Å². The van der Waals surface area contributed by atoms with Crippen LogP contribution in [0.4, 0.5) is 0 Å². The van der Waals surface area contributed by atoms with Gasteiger partial charge in [-0.1, -0.05) is 19.1 Å². The number of guanidine groups is 1. The summed E-state index contributed by atoms with van der Waals surface area (Å²) in [5.74, 6) is 1.92. The van der Waals surface area contributed by atoms with Crippen LogP contribution in [0.25, 0.3) is 0 Å². The first-order valence-electron chi connectivity index (χ1n) is 9.40. The lowest BCUT2D eigenvalue weighted by atomic mass is 10.0. The molecule has 2 heterocycles. The molecule has 148 valence electrons. The van der Waals surface area contributed by atoms with E-state index in [1.54, 1.807) is 6.33 Å². The Morgan fingerprint density at radius 1 is 1.35 bits per heavy atom. The fourth-order valence-corrected chi connectivity index (χ4v) is 3.14.